The summed E-state index contributed by atoms with van der Waals surface area (Å²) >= 11 is 0. The maximum atomic E-state index is 12.1. The van der Waals surface area contributed by atoms with Crippen LogP contribution in [0.5, 0.6) is 0 Å². The Morgan fingerprint density at radius 2 is 0.824 bits per heavy atom. The summed E-state index contributed by atoms with van der Waals surface area (Å²) in [4.78, 5) is 7.86. The zero-order valence-corrected chi connectivity index (χ0v) is 7.98. The van der Waals surface area contributed by atoms with Crippen molar-refractivity contribution in [3.05, 3.63) is 0 Å². The van der Waals surface area contributed by atoms with Crippen LogP contribution in [0, 0.1) is 0 Å². The highest BCUT2D eigenvalue weighted by Crippen LogP contribution is 2.74. The topological polar surface area (TPSA) is 37.3 Å². The van der Waals surface area contributed by atoms with Crippen LogP contribution in [0.1, 0.15) is 0 Å². The van der Waals surface area contributed by atoms with Crippen LogP contribution in [-0.2, 0) is 4.57 Å². The Labute approximate surface area is 85.7 Å². The molecule has 0 saturated carbocycles. The lowest BCUT2D eigenvalue weighted by atomic mass is 10.7. The fourth-order valence-corrected chi connectivity index (χ4v) is 1.56. The molecule has 0 bridgehead atoms. The van der Waals surface area contributed by atoms with E-state index in [1.807, 2.05) is 0 Å². The number of halogens is 10. The third-order valence-corrected chi connectivity index (χ3v) is 3.47. The van der Waals surface area contributed by atoms with Crippen LogP contribution in [0.4, 0.5) is 43.9 Å². The fraction of sp³-hybridized carbons (Fsp3) is 1.00. The first-order valence-electron chi connectivity index (χ1n) is 3.22. The van der Waals surface area contributed by atoms with Gasteiger partial charge in [-0.05, 0) is 0 Å². The van der Waals surface area contributed by atoms with Gasteiger partial charge in [-0.3, -0.25) is 4.57 Å². The van der Waals surface area contributed by atoms with Gasteiger partial charge in [-0.2, -0.15) is 43.9 Å². The Hall–Kier alpha value is -0.510. The third-order valence-electron chi connectivity index (χ3n) is 1.44. The highest BCUT2D eigenvalue weighted by molar-refractivity contribution is 7.60. The zero-order valence-electron chi connectivity index (χ0n) is 7.08. The Morgan fingerprint density at radius 1 is 0.647 bits per heavy atom. The van der Waals surface area contributed by atoms with Gasteiger partial charge in [0.05, 0.1) is 0 Å². The van der Waals surface area contributed by atoms with E-state index in [2.05, 4.69) is 0 Å². The highest BCUT2D eigenvalue weighted by atomic mass is 31.2. The van der Waals surface area contributed by atoms with E-state index in [9.17, 15) is 48.5 Å². The molecule has 0 aliphatic carbocycles. The summed E-state index contributed by atoms with van der Waals surface area (Å²) in [5.41, 5.74) is -14.2. The van der Waals surface area contributed by atoms with Crippen LogP contribution in [0.25, 0.3) is 0 Å². The van der Waals surface area contributed by atoms with Crippen molar-refractivity contribution in [2.75, 3.05) is 0 Å². The molecule has 1 N–H and O–H groups in total. The lowest BCUT2D eigenvalue weighted by Crippen LogP contribution is -2.47. The van der Waals surface area contributed by atoms with Crippen LogP contribution in [0.3, 0.4) is 0 Å². The smallest absolute Gasteiger partial charge is 0.336 e. The van der Waals surface area contributed by atoms with Crippen molar-refractivity contribution < 1.29 is 53.4 Å². The van der Waals surface area contributed by atoms with E-state index in [4.69, 9.17) is 4.89 Å². The van der Waals surface area contributed by atoms with Crippen molar-refractivity contribution in [2.45, 2.75) is 23.7 Å². The van der Waals surface area contributed by atoms with Crippen LogP contribution in [0.2, 0.25) is 0 Å². The van der Waals surface area contributed by atoms with Crippen molar-refractivity contribution in [3.8, 4) is 0 Å². The Bertz CT molecular complexity index is 309. The van der Waals surface area contributed by atoms with Gasteiger partial charge in [0.2, 0.25) is 0 Å². The zero-order chi connectivity index (χ0) is 14.5. The number of hydrogen-bond donors (Lipinski definition) is 1. The average Bonchev–Trinajstić information content (AvgIpc) is 1.98. The molecule has 2 nitrogen and oxygen atoms in total. The molecule has 0 fully saturated rings. The lowest BCUT2D eigenvalue weighted by molar-refractivity contribution is -0.270. The van der Waals surface area contributed by atoms with Crippen molar-refractivity contribution in [1.82, 2.24) is 0 Å². The molecule has 0 aromatic heterocycles. The monoisotopic (exact) mass is 302 g/mol. The van der Waals surface area contributed by atoms with Gasteiger partial charge in [0.15, 0.2) is 0 Å². The molecule has 0 radical (unpaired) electrons. The normalized spacial score (nSPS) is 16.2. The van der Waals surface area contributed by atoms with Gasteiger partial charge in [-0.25, -0.2) is 0 Å². The van der Waals surface area contributed by atoms with Crippen molar-refractivity contribution in [3.63, 3.8) is 0 Å². The van der Waals surface area contributed by atoms with Crippen molar-refractivity contribution in [2.24, 2.45) is 0 Å². The first kappa shape index (κ1) is 16.5. The van der Waals surface area contributed by atoms with Crippen LogP contribution in [-0.4, -0.2) is 28.6 Å². The molecule has 13 heteroatoms. The maximum absolute atomic E-state index is 12.1. The second-order valence-corrected chi connectivity index (χ2v) is 4.93. The van der Waals surface area contributed by atoms with Gasteiger partial charge in [0, 0.05) is 0 Å². The van der Waals surface area contributed by atoms with E-state index in [1.54, 1.807) is 0 Å². The summed E-state index contributed by atoms with van der Waals surface area (Å²) in [6.45, 7) is 0. The summed E-state index contributed by atoms with van der Waals surface area (Å²) < 4.78 is 127. The maximum Gasteiger partial charge on any atom is 0.463 e. The predicted molar refractivity (Wildman–Crippen MR) is 31.8 cm³/mol. The van der Waals surface area contributed by atoms with Crippen LogP contribution >= 0.6 is 7.37 Å². The molecule has 0 aromatic rings. The minimum atomic E-state index is -8.26. The van der Waals surface area contributed by atoms with E-state index < -0.39 is 31.0 Å². The largest absolute Gasteiger partial charge is 0.463 e. The second kappa shape index (κ2) is 3.74. The molecule has 0 heterocycles. The lowest BCUT2D eigenvalue weighted by Gasteiger charge is -2.30. The molecule has 0 unspecified atom stereocenters. The number of rotatable bonds is 2. The SMILES string of the molecule is O=P(O)(C(F)(F)C(F)(F)F)C(F)(F)C(F)(F)F. The van der Waals surface area contributed by atoms with Crippen molar-refractivity contribution in [1.29, 1.82) is 0 Å². The average molecular weight is 302 g/mol. The van der Waals surface area contributed by atoms with Crippen LogP contribution in [0.15, 0.2) is 0 Å². The summed E-state index contributed by atoms with van der Waals surface area (Å²) in [5.74, 6) is 0. The molecular formula is C4HF10O2P. The third kappa shape index (κ3) is 2.24. The molecule has 0 atom stereocenters. The molecule has 104 valence electrons. The molecular weight excluding hydrogens is 301 g/mol. The van der Waals surface area contributed by atoms with E-state index >= 15 is 0 Å². The molecule has 0 aliphatic rings. The van der Waals surface area contributed by atoms with Crippen LogP contribution < -0.4 is 0 Å². The Morgan fingerprint density at radius 3 is 0.941 bits per heavy atom. The Kier molecular flexibility index (Phi) is 3.63. The van der Waals surface area contributed by atoms with Gasteiger partial charge < -0.3 is 4.89 Å². The van der Waals surface area contributed by atoms with Gasteiger partial charge in [-0.1, -0.05) is 0 Å². The molecule has 0 saturated heterocycles. The standard InChI is InChI=1S/C4HF10O2P/c5-1(6,7)3(11,12)17(15,16)4(13,14)2(8,9)10/h(H,15,16). The van der Waals surface area contributed by atoms with E-state index in [1.165, 1.54) is 0 Å². The summed E-state index contributed by atoms with van der Waals surface area (Å²) in [6.07, 6.45) is -14.0. The van der Waals surface area contributed by atoms with E-state index in [-0.39, 0.29) is 0 Å². The molecule has 0 amide bonds. The number of hydrogen-bond acceptors (Lipinski definition) is 1. The summed E-state index contributed by atoms with van der Waals surface area (Å²) in [6, 6.07) is 0. The molecule has 0 rings (SSSR count). The highest BCUT2D eigenvalue weighted by Gasteiger charge is 2.83. The predicted octanol–water partition coefficient (Wildman–Crippen LogP) is 3.57. The second-order valence-electron chi connectivity index (χ2n) is 2.65. The van der Waals surface area contributed by atoms with Gasteiger partial charge in [0.25, 0.3) is 0 Å². The molecule has 17 heavy (non-hydrogen) atoms. The van der Waals surface area contributed by atoms with Gasteiger partial charge in [-0.15, -0.1) is 0 Å². The summed E-state index contributed by atoms with van der Waals surface area (Å²) in [5, 5.41) is 0. The van der Waals surface area contributed by atoms with Gasteiger partial charge in [0.1, 0.15) is 0 Å². The number of alkyl halides is 10. The van der Waals surface area contributed by atoms with E-state index in [0.717, 1.165) is 0 Å². The first-order valence-corrected chi connectivity index (χ1v) is 4.88. The minimum Gasteiger partial charge on any atom is -0.336 e. The van der Waals surface area contributed by atoms with Gasteiger partial charge >= 0.3 is 31.0 Å². The Balaban J connectivity index is 5.83. The molecule has 0 aromatic carbocycles. The summed E-state index contributed by atoms with van der Waals surface area (Å²) in [7, 11) is -8.26. The van der Waals surface area contributed by atoms with E-state index in [0.29, 0.717) is 0 Å². The quantitative estimate of drug-likeness (QED) is 0.625. The molecule has 0 spiro atoms. The van der Waals surface area contributed by atoms with Crippen molar-refractivity contribution >= 4 is 7.37 Å². The first-order chi connectivity index (χ1) is 7.00. The molecule has 0 aliphatic heterocycles. The fourth-order valence-electron chi connectivity index (χ4n) is 0.520. The minimum absolute atomic E-state index is 7.02.